The fourth-order valence-corrected chi connectivity index (χ4v) is 1.77. The molecule has 1 N–H and O–H groups in total. The third-order valence-electron chi connectivity index (χ3n) is 2.28. The second-order valence-electron chi connectivity index (χ2n) is 3.23. The van der Waals surface area contributed by atoms with Crippen molar-refractivity contribution in [2.75, 3.05) is 45.7 Å². The summed E-state index contributed by atoms with van der Waals surface area (Å²) < 4.78 is 1.15. The van der Waals surface area contributed by atoms with Gasteiger partial charge in [0.05, 0.1) is 32.6 Å². The lowest BCUT2D eigenvalue weighted by Crippen LogP contribution is -2.56. The number of nitrogens with one attached hydrogen (secondary N) is 1. The zero-order chi connectivity index (χ0) is 7.45. The van der Waals surface area contributed by atoms with Gasteiger partial charge in [-0.05, 0) is 0 Å². The molecule has 0 atom stereocenters. The molecule has 0 aliphatic carbocycles. The molecule has 1 heterocycles. The zero-order valence-corrected chi connectivity index (χ0v) is 7.32. The SMILES string of the molecule is C[N+]1(CCCl)CCNCC1. The van der Waals surface area contributed by atoms with Gasteiger partial charge in [0.25, 0.3) is 0 Å². The Morgan fingerprint density at radius 1 is 1.40 bits per heavy atom. The van der Waals surface area contributed by atoms with Crippen LogP contribution in [0.25, 0.3) is 0 Å². The van der Waals surface area contributed by atoms with E-state index in [9.17, 15) is 0 Å². The molecule has 0 radical (unpaired) electrons. The van der Waals surface area contributed by atoms with Gasteiger partial charge in [-0.1, -0.05) is 0 Å². The van der Waals surface area contributed by atoms with Gasteiger partial charge < -0.3 is 9.80 Å². The molecule has 0 spiro atoms. The summed E-state index contributed by atoms with van der Waals surface area (Å²) >= 11 is 5.69. The van der Waals surface area contributed by atoms with E-state index < -0.39 is 0 Å². The van der Waals surface area contributed by atoms with E-state index in [4.69, 9.17) is 11.6 Å². The summed E-state index contributed by atoms with van der Waals surface area (Å²) in [7, 11) is 2.28. The molecule has 0 aromatic heterocycles. The van der Waals surface area contributed by atoms with Crippen LogP contribution in [-0.4, -0.2) is 50.1 Å². The first-order valence-electron chi connectivity index (χ1n) is 3.87. The highest BCUT2D eigenvalue weighted by atomic mass is 35.5. The summed E-state index contributed by atoms with van der Waals surface area (Å²) in [5, 5.41) is 3.34. The van der Waals surface area contributed by atoms with Gasteiger partial charge in [-0.2, -0.15) is 0 Å². The molecule has 3 heteroatoms. The van der Waals surface area contributed by atoms with Gasteiger partial charge in [-0.25, -0.2) is 0 Å². The Morgan fingerprint density at radius 2 is 2.00 bits per heavy atom. The molecule has 0 aromatic carbocycles. The minimum atomic E-state index is 0.788. The largest absolute Gasteiger partial charge is 0.323 e. The monoisotopic (exact) mass is 163 g/mol. The Bertz CT molecular complexity index is 94.3. The highest BCUT2D eigenvalue weighted by Gasteiger charge is 2.22. The normalized spacial score (nSPS) is 24.6. The molecule has 0 aromatic rings. The first kappa shape index (κ1) is 8.31. The lowest BCUT2D eigenvalue weighted by molar-refractivity contribution is -0.908. The number of quaternary nitrogens is 1. The summed E-state index contributed by atoms with van der Waals surface area (Å²) in [5.41, 5.74) is 0. The van der Waals surface area contributed by atoms with Crippen molar-refractivity contribution in [2.45, 2.75) is 0 Å². The van der Waals surface area contributed by atoms with Crippen LogP contribution in [-0.2, 0) is 0 Å². The average molecular weight is 164 g/mol. The quantitative estimate of drug-likeness (QED) is 0.456. The molecule has 0 bridgehead atoms. The van der Waals surface area contributed by atoms with E-state index in [1.807, 2.05) is 0 Å². The Balaban J connectivity index is 2.32. The molecule has 60 valence electrons. The molecule has 2 nitrogen and oxygen atoms in total. The highest BCUT2D eigenvalue weighted by molar-refractivity contribution is 6.17. The molecule has 10 heavy (non-hydrogen) atoms. The molecular weight excluding hydrogens is 148 g/mol. The molecule has 0 saturated carbocycles. The molecule has 1 aliphatic heterocycles. The average Bonchev–Trinajstić information content (AvgIpc) is 1.89. The van der Waals surface area contributed by atoms with E-state index in [0.29, 0.717) is 0 Å². The second kappa shape index (κ2) is 3.56. The van der Waals surface area contributed by atoms with E-state index in [2.05, 4.69) is 12.4 Å². The summed E-state index contributed by atoms with van der Waals surface area (Å²) in [6.07, 6.45) is 0. The van der Waals surface area contributed by atoms with Gasteiger partial charge in [0, 0.05) is 13.1 Å². The maximum absolute atomic E-state index is 5.69. The van der Waals surface area contributed by atoms with Crippen molar-refractivity contribution in [2.24, 2.45) is 0 Å². The Hall–Kier alpha value is 0.210. The van der Waals surface area contributed by atoms with Crippen LogP contribution in [0.15, 0.2) is 0 Å². The lowest BCUT2D eigenvalue weighted by Gasteiger charge is -2.37. The Morgan fingerprint density at radius 3 is 2.50 bits per heavy atom. The van der Waals surface area contributed by atoms with Crippen LogP contribution >= 0.6 is 11.6 Å². The van der Waals surface area contributed by atoms with Crippen LogP contribution in [0.5, 0.6) is 0 Å². The number of hydrogen-bond acceptors (Lipinski definition) is 1. The minimum absolute atomic E-state index is 0.788. The molecule has 1 fully saturated rings. The number of alkyl halides is 1. The smallest absolute Gasteiger partial charge is 0.0923 e. The summed E-state index contributed by atoms with van der Waals surface area (Å²) in [6, 6.07) is 0. The number of hydrogen-bond donors (Lipinski definition) is 1. The third-order valence-corrected chi connectivity index (χ3v) is 2.45. The van der Waals surface area contributed by atoms with Gasteiger partial charge in [0.1, 0.15) is 0 Å². The Labute approximate surface area is 67.7 Å². The standard InChI is InChI=1S/C7H16ClN2/c1-10(5-2-8)6-3-9-4-7-10/h9H,2-7H2,1H3/q+1. The van der Waals surface area contributed by atoms with Crippen molar-refractivity contribution in [3.05, 3.63) is 0 Å². The molecule has 0 unspecified atom stereocenters. The molecular formula is C7H16ClN2+. The van der Waals surface area contributed by atoms with Gasteiger partial charge in [0.15, 0.2) is 0 Å². The molecule has 0 amide bonds. The van der Waals surface area contributed by atoms with Crippen LogP contribution in [0.2, 0.25) is 0 Å². The molecule has 1 rings (SSSR count). The number of halogens is 1. The van der Waals surface area contributed by atoms with Gasteiger partial charge in [0.2, 0.25) is 0 Å². The van der Waals surface area contributed by atoms with E-state index >= 15 is 0 Å². The van der Waals surface area contributed by atoms with E-state index in [-0.39, 0.29) is 0 Å². The van der Waals surface area contributed by atoms with Crippen LogP contribution in [0.3, 0.4) is 0 Å². The van der Waals surface area contributed by atoms with Crippen molar-refractivity contribution < 1.29 is 4.48 Å². The van der Waals surface area contributed by atoms with Crippen molar-refractivity contribution in [1.29, 1.82) is 0 Å². The summed E-state index contributed by atoms with van der Waals surface area (Å²) in [5.74, 6) is 0.788. The first-order chi connectivity index (χ1) is 4.77. The maximum Gasteiger partial charge on any atom is 0.0923 e. The van der Waals surface area contributed by atoms with Gasteiger partial charge in [-0.15, -0.1) is 11.6 Å². The Kier molecular flexibility index (Phi) is 2.96. The van der Waals surface area contributed by atoms with Gasteiger partial charge in [-0.3, -0.25) is 0 Å². The van der Waals surface area contributed by atoms with Gasteiger partial charge >= 0.3 is 0 Å². The first-order valence-corrected chi connectivity index (χ1v) is 4.40. The van der Waals surface area contributed by atoms with Crippen LogP contribution in [0, 0.1) is 0 Å². The number of likely N-dealkylation sites (N-methyl/N-ethyl adjacent to an activating group) is 1. The predicted molar refractivity (Wildman–Crippen MR) is 44.4 cm³/mol. The summed E-state index contributed by atoms with van der Waals surface area (Å²) in [4.78, 5) is 0. The van der Waals surface area contributed by atoms with Crippen LogP contribution < -0.4 is 5.32 Å². The predicted octanol–water partition coefficient (Wildman–Crippen LogP) is 0.275. The summed E-state index contributed by atoms with van der Waals surface area (Å²) in [6.45, 7) is 5.86. The molecule has 1 aliphatic rings. The minimum Gasteiger partial charge on any atom is -0.323 e. The number of nitrogens with zero attached hydrogens (tertiary/aromatic N) is 1. The lowest BCUT2D eigenvalue weighted by atomic mass is 10.3. The number of piperazine rings is 1. The van der Waals surface area contributed by atoms with Crippen molar-refractivity contribution in [1.82, 2.24) is 5.32 Å². The maximum atomic E-state index is 5.69. The van der Waals surface area contributed by atoms with Crippen molar-refractivity contribution in [3.8, 4) is 0 Å². The highest BCUT2D eigenvalue weighted by Crippen LogP contribution is 2.03. The fourth-order valence-electron chi connectivity index (χ4n) is 1.36. The van der Waals surface area contributed by atoms with E-state index in [1.165, 1.54) is 13.1 Å². The fraction of sp³-hybridized carbons (Fsp3) is 1.00. The van der Waals surface area contributed by atoms with E-state index in [1.54, 1.807) is 0 Å². The topological polar surface area (TPSA) is 12.0 Å². The third kappa shape index (κ3) is 2.11. The van der Waals surface area contributed by atoms with Crippen LogP contribution in [0.1, 0.15) is 0 Å². The molecule has 1 saturated heterocycles. The second-order valence-corrected chi connectivity index (χ2v) is 3.61. The number of rotatable bonds is 2. The van der Waals surface area contributed by atoms with Crippen LogP contribution in [0.4, 0.5) is 0 Å². The van der Waals surface area contributed by atoms with Crippen molar-refractivity contribution >= 4 is 11.6 Å². The van der Waals surface area contributed by atoms with E-state index in [0.717, 1.165) is 30.0 Å². The van der Waals surface area contributed by atoms with Crippen molar-refractivity contribution in [3.63, 3.8) is 0 Å². The zero-order valence-electron chi connectivity index (χ0n) is 6.57.